The first kappa shape index (κ1) is 7.84. The molecule has 7 heavy (non-hydrogen) atoms. The minimum absolute atomic E-state index is 0.766. The molecule has 0 aliphatic carbocycles. The molecular weight excluding hydrogens is 225 g/mol. The predicted octanol–water partition coefficient (Wildman–Crippen LogP) is 0.160. The minimum Gasteiger partial charge on any atom is -0.272 e. The lowest BCUT2D eigenvalue weighted by Crippen LogP contribution is -2.26. The molecule has 0 unspecified atom stereocenters. The van der Waals surface area contributed by atoms with E-state index >= 15 is 0 Å². The molecule has 0 aromatic heterocycles. The molecule has 0 aliphatic rings. The Balaban J connectivity index is 3.36. The van der Waals surface area contributed by atoms with Crippen molar-refractivity contribution in [2.24, 2.45) is 0 Å². The fraction of sp³-hybridized carbons (Fsp3) is 1.00. The van der Waals surface area contributed by atoms with Crippen LogP contribution in [0, 0.1) is 0 Å². The molecule has 0 rings (SSSR count). The third-order valence-electron chi connectivity index (χ3n) is 0.441. The Morgan fingerprint density at radius 2 is 2.14 bits per heavy atom. The summed E-state index contributed by atoms with van der Waals surface area (Å²) in [5.41, 5.74) is 0. The summed E-state index contributed by atoms with van der Waals surface area (Å²) < 4.78 is 14.3. The Bertz CT molecular complexity index is 88.9. The normalized spacial score (nSPS) is 14.1. The molecule has 1 N–H and O–H groups in total. The molecule has 46 valence electrons. The van der Waals surface area contributed by atoms with Crippen molar-refractivity contribution in [2.45, 2.75) is 0 Å². The third kappa shape index (κ3) is 6.84. The second kappa shape index (κ2) is 2.99. The summed E-state index contributed by atoms with van der Waals surface area (Å²) >= 11 is 2.13. The summed E-state index contributed by atoms with van der Waals surface area (Å²) in [6, 6.07) is 0. The lowest BCUT2D eigenvalue weighted by Gasteiger charge is -2.09. The Morgan fingerprint density at radius 3 is 2.14 bits per heavy atom. The van der Waals surface area contributed by atoms with Gasteiger partial charge in [-0.15, -0.1) is 0 Å². The number of rotatable bonds is 2. The van der Waals surface area contributed by atoms with E-state index in [0.29, 0.717) is 0 Å². The fourth-order valence-electron chi connectivity index (χ4n) is 0.144. The van der Waals surface area contributed by atoms with Gasteiger partial charge in [-0.05, 0) is 0 Å². The summed E-state index contributed by atoms with van der Waals surface area (Å²) in [6.07, 6.45) is 3.43. The molecule has 0 bridgehead atoms. The number of hydrogen-bond acceptors (Lipinski definition) is 1. The van der Waals surface area contributed by atoms with Gasteiger partial charge in [0.1, 0.15) is 0 Å². The lowest BCUT2D eigenvalue weighted by molar-refractivity contribution is 0.672. The van der Waals surface area contributed by atoms with E-state index in [0.717, 1.165) is 4.55 Å². The molecule has 0 spiro atoms. The van der Waals surface area contributed by atoms with Gasteiger partial charge in [0, 0.05) is 12.5 Å². The van der Waals surface area contributed by atoms with E-state index in [2.05, 4.69) is 27.3 Å². The second-order valence-electron chi connectivity index (χ2n) is 1.64. The first-order valence-electron chi connectivity index (χ1n) is 1.92. The van der Waals surface area contributed by atoms with Crippen molar-refractivity contribution in [1.29, 1.82) is 0 Å². The Labute approximate surface area is 58.8 Å². The van der Waals surface area contributed by atoms with Gasteiger partial charge in [-0.2, -0.15) is 0 Å². The average Bonchev–Trinajstić information content (AvgIpc) is 1.30. The summed E-state index contributed by atoms with van der Waals surface area (Å²) in [6.45, 7) is 0. The van der Waals surface area contributed by atoms with E-state index in [-0.39, 0.29) is 0 Å². The van der Waals surface area contributed by atoms with Crippen LogP contribution in [0.5, 0.6) is 0 Å². The number of alkyl halides is 1. The highest BCUT2D eigenvalue weighted by Gasteiger charge is 1.92. The molecule has 4 heteroatoms. The van der Waals surface area contributed by atoms with Gasteiger partial charge in [0.15, 0.2) is 0 Å². The molecule has 0 saturated carbocycles. The first-order valence-corrected chi connectivity index (χ1v) is 6.05. The van der Waals surface area contributed by atoms with Crippen LogP contribution in [0.3, 0.4) is 0 Å². The lowest BCUT2D eigenvalue weighted by atomic mass is 11.6. The van der Waals surface area contributed by atoms with Gasteiger partial charge in [0.25, 0.3) is 0 Å². The number of halogens is 1. The van der Waals surface area contributed by atoms with E-state index < -0.39 is 10.1 Å². The van der Waals surface area contributed by atoms with Crippen molar-refractivity contribution in [3.63, 3.8) is 0 Å². The smallest absolute Gasteiger partial charge is 0.0582 e. The predicted molar refractivity (Wildman–Crippen MR) is 43.4 cm³/mol. The van der Waals surface area contributed by atoms with Crippen molar-refractivity contribution in [3.8, 4) is 0 Å². The molecule has 0 atom stereocenters. The molecule has 0 fully saturated rings. The van der Waals surface area contributed by atoms with Crippen molar-refractivity contribution in [1.82, 2.24) is 4.72 Å². The molecular formula is C3H10INOS. The van der Waals surface area contributed by atoms with Crippen molar-refractivity contribution in [2.75, 3.05) is 17.1 Å². The molecule has 0 saturated heterocycles. The van der Waals surface area contributed by atoms with Gasteiger partial charge in [-0.25, -0.2) is 0 Å². The number of hydrogen-bond donors (Lipinski definition) is 2. The van der Waals surface area contributed by atoms with Gasteiger partial charge < -0.3 is 0 Å². The van der Waals surface area contributed by atoms with Gasteiger partial charge in [-0.3, -0.25) is 8.93 Å². The number of nitrogens with one attached hydrogen (secondary N) is 1. The summed E-state index contributed by atoms with van der Waals surface area (Å²) in [5, 5.41) is 0. The molecule has 0 aliphatic heterocycles. The van der Waals surface area contributed by atoms with Crippen molar-refractivity contribution < 1.29 is 4.21 Å². The zero-order valence-corrected chi connectivity index (χ0v) is 7.49. The molecule has 0 aromatic carbocycles. The summed E-state index contributed by atoms with van der Waals surface area (Å²) in [5.74, 6) is 0. The monoisotopic (exact) mass is 235 g/mol. The van der Waals surface area contributed by atoms with Crippen LogP contribution in [-0.2, 0) is 10.1 Å². The SMILES string of the molecule is C[SH](C)(=O)NCI. The molecule has 0 amide bonds. The largest absolute Gasteiger partial charge is 0.272 e. The van der Waals surface area contributed by atoms with Crippen LogP contribution in [0.4, 0.5) is 0 Å². The van der Waals surface area contributed by atoms with Crippen LogP contribution in [0.25, 0.3) is 0 Å². The Morgan fingerprint density at radius 1 is 1.71 bits per heavy atom. The first-order chi connectivity index (χ1) is 3.06. The number of thiol groups is 1. The van der Waals surface area contributed by atoms with E-state index in [1.807, 2.05) is 0 Å². The summed E-state index contributed by atoms with van der Waals surface area (Å²) in [4.78, 5) is 0. The Hall–Kier alpha value is 0.840. The zero-order valence-electron chi connectivity index (χ0n) is 4.44. The minimum atomic E-state index is -1.92. The molecule has 2 nitrogen and oxygen atoms in total. The molecule has 0 radical (unpaired) electrons. The van der Waals surface area contributed by atoms with E-state index in [4.69, 9.17) is 0 Å². The molecule has 0 aromatic rings. The van der Waals surface area contributed by atoms with E-state index in [1.165, 1.54) is 0 Å². The average molecular weight is 235 g/mol. The fourth-order valence-corrected chi connectivity index (χ4v) is 2.90. The maximum atomic E-state index is 10.7. The van der Waals surface area contributed by atoms with Crippen LogP contribution < -0.4 is 4.72 Å². The Kier molecular flexibility index (Phi) is 3.34. The van der Waals surface area contributed by atoms with E-state index in [1.54, 1.807) is 12.5 Å². The van der Waals surface area contributed by atoms with Crippen molar-refractivity contribution in [3.05, 3.63) is 0 Å². The highest BCUT2D eigenvalue weighted by molar-refractivity contribution is 14.1. The quantitative estimate of drug-likeness (QED) is 0.303. The highest BCUT2D eigenvalue weighted by atomic mass is 127. The molecule has 0 heterocycles. The van der Waals surface area contributed by atoms with Gasteiger partial charge in [0.2, 0.25) is 0 Å². The van der Waals surface area contributed by atoms with Gasteiger partial charge >= 0.3 is 0 Å². The zero-order chi connectivity index (χ0) is 5.91. The maximum Gasteiger partial charge on any atom is 0.0582 e. The third-order valence-corrected chi connectivity index (χ3v) is 2.35. The van der Waals surface area contributed by atoms with Crippen LogP contribution in [0.1, 0.15) is 0 Å². The van der Waals surface area contributed by atoms with Crippen molar-refractivity contribution >= 4 is 32.7 Å². The maximum absolute atomic E-state index is 10.7. The van der Waals surface area contributed by atoms with Crippen LogP contribution in [0.15, 0.2) is 0 Å². The van der Waals surface area contributed by atoms with Crippen LogP contribution in [-0.4, -0.2) is 21.3 Å². The van der Waals surface area contributed by atoms with E-state index in [9.17, 15) is 4.21 Å². The standard InChI is InChI=1S/C3H10INOS/c1-7(2,6)5-3-4/h7H,3H2,1-2H3,(H,5,6). The topological polar surface area (TPSA) is 29.1 Å². The second-order valence-corrected chi connectivity index (χ2v) is 5.42. The van der Waals surface area contributed by atoms with Gasteiger partial charge in [0.05, 0.1) is 4.55 Å². The van der Waals surface area contributed by atoms with Gasteiger partial charge in [-0.1, -0.05) is 32.7 Å². The van der Waals surface area contributed by atoms with Crippen LogP contribution >= 0.6 is 22.6 Å². The highest BCUT2D eigenvalue weighted by Crippen LogP contribution is 1.85. The summed E-state index contributed by atoms with van der Waals surface area (Å²) in [7, 11) is -1.92. The van der Waals surface area contributed by atoms with Crippen LogP contribution in [0.2, 0.25) is 0 Å².